The van der Waals surface area contributed by atoms with Gasteiger partial charge >= 0.3 is 13.8 Å². The molecule has 4 aromatic rings. The van der Waals surface area contributed by atoms with Gasteiger partial charge in [0.25, 0.3) is 0 Å². The fourth-order valence-corrected chi connectivity index (χ4v) is 4.11. The topological polar surface area (TPSA) is 176 Å². The lowest BCUT2D eigenvalue weighted by Gasteiger charge is -2.07. The molecule has 0 saturated carbocycles. The highest BCUT2D eigenvalue weighted by molar-refractivity contribution is 7.46. The van der Waals surface area contributed by atoms with Crippen molar-refractivity contribution >= 4 is 13.8 Å². The van der Waals surface area contributed by atoms with Crippen molar-refractivity contribution in [2.75, 3.05) is 13.2 Å². The normalized spacial score (nSPS) is 12.4. The van der Waals surface area contributed by atoms with Gasteiger partial charge in [0.15, 0.2) is 5.69 Å². The summed E-state index contributed by atoms with van der Waals surface area (Å²) in [6, 6.07) is 11.9. The molecule has 0 fully saturated rings. The van der Waals surface area contributed by atoms with Crippen LogP contribution in [0.3, 0.4) is 0 Å². The number of phosphoric acid groups is 1. The molecular weight excluding hydrogens is 451 g/mol. The van der Waals surface area contributed by atoms with Crippen molar-refractivity contribution in [3.8, 4) is 33.6 Å². The summed E-state index contributed by atoms with van der Waals surface area (Å²) in [5.41, 5.74) is 7.26. The number of carbonyl (C=O) groups is 1. The van der Waals surface area contributed by atoms with Crippen LogP contribution in [0.1, 0.15) is 21.6 Å². The predicted octanol–water partition coefficient (Wildman–Crippen LogP) is 2.09. The number of hydrogen-bond acceptors (Lipinski definition) is 8. The molecule has 0 aliphatic heterocycles. The van der Waals surface area contributed by atoms with Gasteiger partial charge < -0.3 is 14.5 Å². The number of aromatic amines is 2. The summed E-state index contributed by atoms with van der Waals surface area (Å²) in [4.78, 5) is 29.7. The van der Waals surface area contributed by atoms with Crippen molar-refractivity contribution in [2.24, 2.45) is 0 Å². The molecule has 0 spiro atoms. The van der Waals surface area contributed by atoms with Crippen LogP contribution in [0.2, 0.25) is 0 Å². The van der Waals surface area contributed by atoms with Crippen molar-refractivity contribution < 1.29 is 28.4 Å². The average Bonchev–Trinajstić information content (AvgIpc) is 3.54. The minimum atomic E-state index is -4.63. The summed E-state index contributed by atoms with van der Waals surface area (Å²) in [6.45, 7) is -0.782. The Labute approximate surface area is 186 Å². The summed E-state index contributed by atoms with van der Waals surface area (Å²) in [7, 11) is -4.63. The molecule has 0 amide bonds. The number of aromatic nitrogens is 6. The summed E-state index contributed by atoms with van der Waals surface area (Å²) in [5.74, 6) is -0.759. The molecule has 2 aromatic heterocycles. The van der Waals surface area contributed by atoms with Gasteiger partial charge in [-0.2, -0.15) is 0 Å². The van der Waals surface area contributed by atoms with Gasteiger partial charge in [-0.3, -0.25) is 14.7 Å². The number of nitrogens with zero attached hydrogens (tertiary/aromatic N) is 4. The zero-order valence-corrected chi connectivity index (χ0v) is 17.8. The smallest absolute Gasteiger partial charge is 0.458 e. The van der Waals surface area contributed by atoms with Gasteiger partial charge in [0.05, 0.1) is 6.61 Å². The van der Waals surface area contributed by atoms with Gasteiger partial charge in [-0.1, -0.05) is 34.7 Å². The Balaban J connectivity index is 1.35. The number of esters is 1. The molecule has 13 heteroatoms. The standard InChI is InChI=1S/C20H17N6O6P/c27-20(31-5-6-32-33(28,29)30)19-18(23-26-24-19)12-2-4-16-14(8-12)9-13-7-11(1-3-15(13)16)17-10-21-25-22-17/h1-4,7-8,10H,5-6,9H2,(H,21,22,25)(H,23,24,26)(H2,28,29,30). The lowest BCUT2D eigenvalue weighted by atomic mass is 10.0. The monoisotopic (exact) mass is 468 g/mol. The molecule has 0 atom stereocenters. The predicted molar refractivity (Wildman–Crippen MR) is 114 cm³/mol. The van der Waals surface area contributed by atoms with Crippen LogP contribution < -0.4 is 0 Å². The summed E-state index contributed by atoms with van der Waals surface area (Å²) in [6.07, 6.45) is 2.45. The molecule has 33 heavy (non-hydrogen) atoms. The Hall–Kier alpha value is -3.70. The van der Waals surface area contributed by atoms with E-state index in [9.17, 15) is 9.36 Å². The fourth-order valence-electron chi connectivity index (χ4n) is 3.80. The highest BCUT2D eigenvalue weighted by Crippen LogP contribution is 2.40. The Bertz CT molecular complexity index is 1380. The molecule has 0 saturated heterocycles. The number of H-pyrrole nitrogens is 2. The van der Waals surface area contributed by atoms with E-state index in [1.807, 2.05) is 24.3 Å². The fraction of sp³-hybridized carbons (Fsp3) is 0.150. The van der Waals surface area contributed by atoms with Crippen molar-refractivity contribution in [1.29, 1.82) is 0 Å². The number of hydrogen-bond donors (Lipinski definition) is 4. The highest BCUT2D eigenvalue weighted by Gasteiger charge is 2.23. The molecule has 168 valence electrons. The molecular formula is C20H17N6O6P. The minimum absolute atomic E-state index is 0.0370. The number of rotatable bonds is 7. The SMILES string of the molecule is O=C(OCCOP(=O)(O)O)c1[nH]nnc1-c1ccc2c(c1)Cc1cc(-c3c[nH]nn3)ccc1-2. The van der Waals surface area contributed by atoms with Gasteiger partial charge in [0.2, 0.25) is 0 Å². The van der Waals surface area contributed by atoms with Crippen molar-refractivity contribution in [2.45, 2.75) is 6.42 Å². The number of fused-ring (bicyclic) bond motifs is 3. The molecule has 2 aromatic carbocycles. The number of carbonyl (C=O) groups excluding carboxylic acids is 1. The Morgan fingerprint density at radius 2 is 1.73 bits per heavy atom. The van der Waals surface area contributed by atoms with E-state index in [0.29, 0.717) is 17.7 Å². The summed E-state index contributed by atoms with van der Waals surface area (Å²) < 4.78 is 20.0. The minimum Gasteiger partial charge on any atom is -0.458 e. The molecule has 4 N–H and O–H groups in total. The van der Waals surface area contributed by atoms with Crippen molar-refractivity contribution in [3.63, 3.8) is 0 Å². The van der Waals surface area contributed by atoms with E-state index in [2.05, 4.69) is 47.5 Å². The average molecular weight is 468 g/mol. The largest absolute Gasteiger partial charge is 0.469 e. The van der Waals surface area contributed by atoms with Gasteiger partial charge in [-0.15, -0.1) is 10.2 Å². The second-order valence-electron chi connectivity index (χ2n) is 7.27. The van der Waals surface area contributed by atoms with Gasteiger partial charge in [0.1, 0.15) is 18.0 Å². The third-order valence-electron chi connectivity index (χ3n) is 5.20. The van der Waals surface area contributed by atoms with Gasteiger partial charge in [-0.05, 0) is 40.8 Å². The molecule has 12 nitrogen and oxygen atoms in total. The lowest BCUT2D eigenvalue weighted by molar-refractivity contribution is 0.0419. The third kappa shape index (κ3) is 4.32. The Morgan fingerprint density at radius 3 is 2.42 bits per heavy atom. The van der Waals surface area contributed by atoms with E-state index in [1.165, 1.54) is 0 Å². The van der Waals surface area contributed by atoms with E-state index in [4.69, 9.17) is 14.5 Å². The van der Waals surface area contributed by atoms with Crippen LogP contribution in [0.15, 0.2) is 42.6 Å². The van der Waals surface area contributed by atoms with Crippen LogP contribution in [0.5, 0.6) is 0 Å². The van der Waals surface area contributed by atoms with E-state index in [-0.39, 0.29) is 12.3 Å². The molecule has 5 rings (SSSR count). The van der Waals surface area contributed by atoms with Crippen molar-refractivity contribution in [1.82, 2.24) is 30.8 Å². The molecule has 1 aliphatic rings. The third-order valence-corrected chi connectivity index (χ3v) is 5.72. The van der Waals surface area contributed by atoms with Crippen LogP contribution in [-0.4, -0.2) is 59.8 Å². The summed E-state index contributed by atoms with van der Waals surface area (Å²) >= 11 is 0. The first-order valence-electron chi connectivity index (χ1n) is 9.81. The highest BCUT2D eigenvalue weighted by atomic mass is 31.2. The Kier molecular flexibility index (Phi) is 5.35. The van der Waals surface area contributed by atoms with E-state index >= 15 is 0 Å². The maximum absolute atomic E-state index is 12.4. The Morgan fingerprint density at radius 1 is 1.00 bits per heavy atom. The van der Waals surface area contributed by atoms with E-state index < -0.39 is 20.4 Å². The number of phosphoric ester groups is 1. The summed E-state index contributed by atoms with van der Waals surface area (Å²) in [5, 5.41) is 20.8. The zero-order chi connectivity index (χ0) is 23.0. The van der Waals surface area contributed by atoms with Crippen molar-refractivity contribution in [3.05, 3.63) is 59.4 Å². The first kappa shape index (κ1) is 21.2. The number of nitrogens with one attached hydrogen (secondary N) is 2. The molecule has 1 aliphatic carbocycles. The van der Waals surface area contributed by atoms with Crippen LogP contribution in [0.25, 0.3) is 33.6 Å². The van der Waals surface area contributed by atoms with Gasteiger partial charge in [-0.25, -0.2) is 9.36 Å². The van der Waals surface area contributed by atoms with Crippen LogP contribution in [0, 0.1) is 0 Å². The molecule has 0 radical (unpaired) electrons. The maximum atomic E-state index is 12.4. The maximum Gasteiger partial charge on any atom is 0.469 e. The first-order valence-corrected chi connectivity index (χ1v) is 11.3. The number of benzene rings is 2. The van der Waals surface area contributed by atoms with E-state index in [1.54, 1.807) is 6.20 Å². The second-order valence-corrected chi connectivity index (χ2v) is 8.51. The second kappa shape index (κ2) is 8.34. The first-order chi connectivity index (χ1) is 15.9. The van der Waals surface area contributed by atoms with Crippen LogP contribution in [0.4, 0.5) is 0 Å². The van der Waals surface area contributed by atoms with Gasteiger partial charge in [0, 0.05) is 17.3 Å². The zero-order valence-electron chi connectivity index (χ0n) is 16.9. The van der Waals surface area contributed by atoms with E-state index in [0.717, 1.165) is 33.5 Å². The molecule has 0 unspecified atom stereocenters. The van der Waals surface area contributed by atoms with Crippen LogP contribution in [-0.2, 0) is 20.2 Å². The molecule has 2 heterocycles. The quantitative estimate of drug-likeness (QED) is 0.157. The molecule has 0 bridgehead atoms. The van der Waals surface area contributed by atoms with Crippen LogP contribution >= 0.6 is 7.82 Å². The number of ether oxygens (including phenoxy) is 1. The lowest BCUT2D eigenvalue weighted by Crippen LogP contribution is -2.11.